The largest absolute Gasteiger partial charge is 0.472 e. The highest BCUT2D eigenvalue weighted by atomic mass is 31.2. The molecule has 0 bridgehead atoms. The van der Waals surface area contributed by atoms with Gasteiger partial charge in [0, 0.05) is 25.7 Å². The van der Waals surface area contributed by atoms with Gasteiger partial charge in [0.05, 0.1) is 26.4 Å². The Morgan fingerprint density at radius 1 is 0.248 bits per heavy atom. The van der Waals surface area contributed by atoms with Crippen LogP contribution in [0.15, 0.2) is 0 Å². The van der Waals surface area contributed by atoms with Gasteiger partial charge < -0.3 is 33.8 Å². The zero-order chi connectivity index (χ0) is 74.6. The van der Waals surface area contributed by atoms with Crippen molar-refractivity contribution >= 4 is 39.5 Å². The Labute approximate surface area is 619 Å². The molecule has 3 N–H and O–H groups in total. The Bertz CT molecular complexity index is 1970. The molecule has 101 heavy (non-hydrogen) atoms. The average Bonchev–Trinajstić information content (AvgIpc) is 0.916. The van der Waals surface area contributed by atoms with Crippen molar-refractivity contribution in [3.63, 3.8) is 0 Å². The van der Waals surface area contributed by atoms with E-state index in [0.717, 1.165) is 114 Å². The Morgan fingerprint density at radius 3 is 0.614 bits per heavy atom. The fraction of sp³-hybridized carbons (Fsp3) is 0.951. The number of hydrogen-bond donors (Lipinski definition) is 3. The first-order chi connectivity index (χ1) is 48.6. The lowest BCUT2D eigenvalue weighted by Gasteiger charge is -2.21. The average molecular weight is 1480 g/mol. The predicted molar refractivity (Wildman–Crippen MR) is 414 cm³/mol. The van der Waals surface area contributed by atoms with Crippen LogP contribution >= 0.6 is 15.6 Å². The summed E-state index contributed by atoms with van der Waals surface area (Å²) < 4.78 is 68.7. The molecule has 5 atom stereocenters. The monoisotopic (exact) mass is 1480 g/mol. The second-order valence-corrected chi connectivity index (χ2v) is 34.3. The van der Waals surface area contributed by atoms with E-state index in [0.29, 0.717) is 31.6 Å². The second kappa shape index (κ2) is 71.0. The first kappa shape index (κ1) is 99.1. The number of unbranched alkanes of at least 4 members (excludes halogenated alkanes) is 45. The molecule has 19 heteroatoms. The highest BCUT2D eigenvalue weighted by Crippen LogP contribution is 2.45. The van der Waals surface area contributed by atoms with Crippen LogP contribution in [0.25, 0.3) is 0 Å². The molecule has 0 radical (unpaired) electrons. The minimum atomic E-state index is -4.96. The zero-order valence-corrected chi connectivity index (χ0v) is 68.3. The molecule has 3 unspecified atom stereocenters. The van der Waals surface area contributed by atoms with Crippen molar-refractivity contribution in [1.82, 2.24) is 0 Å². The Hall–Kier alpha value is -1.94. The minimum absolute atomic E-state index is 0.106. The van der Waals surface area contributed by atoms with E-state index >= 15 is 0 Å². The van der Waals surface area contributed by atoms with Crippen LogP contribution in [0.3, 0.4) is 0 Å². The summed E-state index contributed by atoms with van der Waals surface area (Å²) in [7, 11) is -9.92. The van der Waals surface area contributed by atoms with E-state index < -0.39 is 97.5 Å². The summed E-state index contributed by atoms with van der Waals surface area (Å²) in [5, 5.41) is 10.6. The molecule has 0 heterocycles. The van der Waals surface area contributed by atoms with E-state index in [1.807, 2.05) is 0 Å². The Balaban J connectivity index is 5.24. The van der Waals surface area contributed by atoms with Gasteiger partial charge in [-0.3, -0.25) is 37.3 Å². The van der Waals surface area contributed by atoms with E-state index in [-0.39, 0.29) is 25.7 Å². The molecule has 0 aromatic heterocycles. The first-order valence-electron chi connectivity index (χ1n) is 42.2. The number of aliphatic hydroxyl groups excluding tert-OH is 1. The summed E-state index contributed by atoms with van der Waals surface area (Å²) in [5.41, 5.74) is 0. The molecule has 0 amide bonds. The molecule has 0 saturated carbocycles. The first-order valence-corrected chi connectivity index (χ1v) is 45.2. The smallest absolute Gasteiger partial charge is 0.462 e. The van der Waals surface area contributed by atoms with E-state index in [1.165, 1.54) is 218 Å². The van der Waals surface area contributed by atoms with E-state index in [9.17, 15) is 43.2 Å². The van der Waals surface area contributed by atoms with Gasteiger partial charge in [0.2, 0.25) is 0 Å². The SMILES string of the molecule is CC(C)CCCCCCCCCCCCCCCCCCC(=O)OC[C@H](COP(=O)(O)OCC(O)COP(=O)(O)OC[C@@H](COC(=O)CCCCCCCCCC(C)C)OC(=O)CCCCCCCCCCCCCCC(C)C)OC(=O)CCCCCCCCCCCCCCCCC(C)C. The van der Waals surface area contributed by atoms with Gasteiger partial charge in [-0.25, -0.2) is 9.13 Å². The number of hydrogen-bond acceptors (Lipinski definition) is 15. The lowest BCUT2D eigenvalue weighted by molar-refractivity contribution is -0.161. The summed E-state index contributed by atoms with van der Waals surface area (Å²) in [6.45, 7) is 14.3. The molecule has 0 rings (SSSR count). The van der Waals surface area contributed by atoms with Crippen molar-refractivity contribution in [3.8, 4) is 0 Å². The lowest BCUT2D eigenvalue weighted by atomic mass is 10.0. The van der Waals surface area contributed by atoms with Crippen LogP contribution in [-0.2, 0) is 65.4 Å². The molecule has 0 saturated heterocycles. The van der Waals surface area contributed by atoms with E-state index in [2.05, 4.69) is 55.4 Å². The minimum Gasteiger partial charge on any atom is -0.462 e. The molecule has 0 aromatic rings. The molecule has 0 aliphatic heterocycles. The standard InChI is InChI=1S/C82H160O17P2/c1-72(2)58-50-42-34-27-21-15-11-9-10-12-17-24-30-38-46-54-62-79(84)92-68-77(98-81(86)64-56-48-39-31-25-18-14-13-16-22-28-35-43-51-59-73(3)4)70-96-100(88,89)94-66-76(83)67-95-101(90,91)97-71-78(69-93-80(85)63-55-47-41-33-37-45-53-61-75(7)8)99-82(87)65-57-49-40-32-26-20-19-23-29-36-44-52-60-74(5)6/h72-78,83H,9-71H2,1-8H3,(H,88,89)(H,90,91)/t76?,77-,78-/m1/s1. The Kier molecular flexibility index (Phi) is 69.6. The van der Waals surface area contributed by atoms with Crippen LogP contribution < -0.4 is 0 Å². The molecule has 0 spiro atoms. The molecular formula is C82H160O17P2. The lowest BCUT2D eigenvalue weighted by Crippen LogP contribution is -2.30. The van der Waals surface area contributed by atoms with Gasteiger partial charge in [0.1, 0.15) is 19.3 Å². The van der Waals surface area contributed by atoms with Crippen LogP contribution in [0, 0.1) is 23.7 Å². The Morgan fingerprint density at radius 2 is 0.416 bits per heavy atom. The van der Waals surface area contributed by atoms with Gasteiger partial charge in [0.25, 0.3) is 0 Å². The molecule has 0 aromatic carbocycles. The molecule has 17 nitrogen and oxygen atoms in total. The number of carbonyl (C=O) groups excluding carboxylic acids is 4. The van der Waals surface area contributed by atoms with Crippen molar-refractivity contribution in [2.45, 2.75) is 440 Å². The van der Waals surface area contributed by atoms with Crippen LogP contribution in [0.5, 0.6) is 0 Å². The van der Waals surface area contributed by atoms with Crippen LogP contribution in [-0.4, -0.2) is 96.7 Å². The molecule has 0 aliphatic carbocycles. The van der Waals surface area contributed by atoms with E-state index in [4.69, 9.17) is 37.0 Å². The van der Waals surface area contributed by atoms with Gasteiger partial charge >= 0.3 is 39.5 Å². The third-order valence-corrected chi connectivity index (χ3v) is 21.0. The van der Waals surface area contributed by atoms with Gasteiger partial charge in [-0.2, -0.15) is 0 Å². The van der Waals surface area contributed by atoms with E-state index in [1.54, 1.807) is 0 Å². The highest BCUT2D eigenvalue weighted by molar-refractivity contribution is 7.47. The molecular weight excluding hydrogens is 1320 g/mol. The van der Waals surface area contributed by atoms with Gasteiger partial charge in [-0.05, 0) is 49.4 Å². The number of rotatable bonds is 79. The quantitative estimate of drug-likeness (QED) is 0.0222. The molecule has 0 aliphatic rings. The number of carbonyl (C=O) groups is 4. The fourth-order valence-corrected chi connectivity index (χ4v) is 14.2. The van der Waals surface area contributed by atoms with Gasteiger partial charge in [-0.1, -0.05) is 370 Å². The van der Waals surface area contributed by atoms with Crippen LogP contribution in [0.4, 0.5) is 0 Å². The maximum Gasteiger partial charge on any atom is 0.472 e. The third-order valence-electron chi connectivity index (χ3n) is 19.1. The number of phosphoric ester groups is 2. The van der Waals surface area contributed by atoms with Crippen molar-refractivity contribution in [1.29, 1.82) is 0 Å². The third kappa shape index (κ3) is 76.1. The summed E-state index contributed by atoms with van der Waals surface area (Å²) in [4.78, 5) is 73.1. The van der Waals surface area contributed by atoms with Crippen LogP contribution in [0.2, 0.25) is 0 Å². The molecule has 600 valence electrons. The normalized spacial score (nSPS) is 14.0. The van der Waals surface area contributed by atoms with Gasteiger partial charge in [0.15, 0.2) is 12.2 Å². The number of esters is 4. The number of aliphatic hydroxyl groups is 1. The fourth-order valence-electron chi connectivity index (χ4n) is 12.6. The summed E-state index contributed by atoms with van der Waals surface area (Å²) in [6, 6.07) is 0. The summed E-state index contributed by atoms with van der Waals surface area (Å²) >= 11 is 0. The summed E-state index contributed by atoms with van der Waals surface area (Å²) in [5.74, 6) is 0.976. The van der Waals surface area contributed by atoms with Crippen molar-refractivity contribution in [3.05, 3.63) is 0 Å². The topological polar surface area (TPSA) is 237 Å². The maximum absolute atomic E-state index is 13.1. The maximum atomic E-state index is 13.1. The van der Waals surface area contributed by atoms with Crippen molar-refractivity contribution in [2.75, 3.05) is 39.6 Å². The number of phosphoric acid groups is 2. The predicted octanol–water partition coefficient (Wildman–Crippen LogP) is 24.4. The highest BCUT2D eigenvalue weighted by Gasteiger charge is 2.30. The molecule has 0 fully saturated rings. The van der Waals surface area contributed by atoms with Gasteiger partial charge in [-0.15, -0.1) is 0 Å². The van der Waals surface area contributed by atoms with Crippen molar-refractivity contribution in [2.24, 2.45) is 23.7 Å². The second-order valence-electron chi connectivity index (χ2n) is 31.4. The van der Waals surface area contributed by atoms with Crippen molar-refractivity contribution < 1.29 is 80.2 Å². The van der Waals surface area contributed by atoms with Crippen LogP contribution in [0.1, 0.15) is 421 Å². The summed E-state index contributed by atoms with van der Waals surface area (Å²) in [6.07, 6.45) is 58.3. The zero-order valence-electron chi connectivity index (χ0n) is 66.5. The number of ether oxygens (including phenoxy) is 4.